The van der Waals surface area contributed by atoms with Crippen molar-refractivity contribution < 1.29 is 4.79 Å². The third kappa shape index (κ3) is 3.78. The Hall–Kier alpha value is -1.95. The summed E-state index contributed by atoms with van der Waals surface area (Å²) >= 11 is 1.51. The number of hydrogen-bond donors (Lipinski definition) is 2. The van der Waals surface area contributed by atoms with Crippen LogP contribution in [0.1, 0.15) is 41.2 Å². The maximum atomic E-state index is 12.4. The van der Waals surface area contributed by atoms with E-state index in [1.165, 1.54) is 11.3 Å². The molecule has 0 unspecified atom stereocenters. The molecule has 0 spiro atoms. The first-order valence-corrected chi connectivity index (χ1v) is 7.92. The second-order valence-corrected chi connectivity index (χ2v) is 5.88. The minimum Gasteiger partial charge on any atom is -0.383 e. The Bertz CT molecular complexity index is 624. The number of thiazole rings is 1. The fourth-order valence-corrected chi connectivity index (χ4v) is 2.86. The van der Waals surface area contributed by atoms with Crippen LogP contribution in [-0.4, -0.2) is 22.4 Å². The zero-order valence-corrected chi connectivity index (χ0v) is 13.4. The molecule has 112 valence electrons. The van der Waals surface area contributed by atoms with Gasteiger partial charge in [-0.2, -0.15) is 0 Å². The molecule has 2 N–H and O–H groups in total. The van der Waals surface area contributed by atoms with E-state index in [0.29, 0.717) is 10.7 Å². The van der Waals surface area contributed by atoms with Gasteiger partial charge in [0.15, 0.2) is 5.13 Å². The van der Waals surface area contributed by atoms with Crippen LogP contribution in [-0.2, 0) is 6.42 Å². The monoisotopic (exact) mass is 304 g/mol. The molecule has 0 saturated carbocycles. The van der Waals surface area contributed by atoms with Crippen LogP contribution < -0.4 is 10.6 Å². The van der Waals surface area contributed by atoms with E-state index < -0.39 is 0 Å². The van der Waals surface area contributed by atoms with Gasteiger partial charge in [0.25, 0.3) is 5.91 Å². The van der Waals surface area contributed by atoms with Gasteiger partial charge in [0.2, 0.25) is 0 Å². The molecule has 0 aliphatic heterocycles. The molecule has 21 heavy (non-hydrogen) atoms. The lowest BCUT2D eigenvalue weighted by Crippen LogP contribution is -2.15. The maximum absolute atomic E-state index is 12.4. The molecule has 0 atom stereocenters. The van der Waals surface area contributed by atoms with Gasteiger partial charge in [-0.1, -0.05) is 13.8 Å². The van der Waals surface area contributed by atoms with Crippen LogP contribution in [0.3, 0.4) is 0 Å². The van der Waals surface area contributed by atoms with Gasteiger partial charge in [-0.15, -0.1) is 11.3 Å². The summed E-state index contributed by atoms with van der Waals surface area (Å²) in [4.78, 5) is 22.0. The lowest BCUT2D eigenvalue weighted by Gasteiger charge is -2.09. The van der Waals surface area contributed by atoms with Gasteiger partial charge < -0.3 is 5.32 Å². The molecule has 6 heteroatoms. The highest BCUT2D eigenvalue weighted by Gasteiger charge is 2.14. The lowest BCUT2D eigenvalue weighted by atomic mass is 10.2. The number of amides is 1. The Kier molecular flexibility index (Phi) is 5.27. The number of nitrogens with zero attached hydrogens (tertiary/aromatic N) is 2. The van der Waals surface area contributed by atoms with Gasteiger partial charge in [0.05, 0.1) is 23.1 Å². The van der Waals surface area contributed by atoms with Crippen LogP contribution in [0.5, 0.6) is 0 Å². The molecule has 0 saturated heterocycles. The Balaban J connectivity index is 2.16. The van der Waals surface area contributed by atoms with Gasteiger partial charge in [-0.3, -0.25) is 15.1 Å². The first kappa shape index (κ1) is 15.4. The molecule has 0 bridgehead atoms. The molecule has 0 radical (unpaired) electrons. The zero-order valence-electron chi connectivity index (χ0n) is 12.6. The SMILES string of the molecule is CCCNc1cnccc1C(=O)Nc1nc(CC)c(C)s1. The number of rotatable bonds is 6. The molecule has 2 aromatic heterocycles. The van der Waals surface area contributed by atoms with Crippen molar-refractivity contribution in [3.63, 3.8) is 0 Å². The normalized spacial score (nSPS) is 10.4. The number of aromatic nitrogens is 2. The predicted molar refractivity (Wildman–Crippen MR) is 87.2 cm³/mol. The summed E-state index contributed by atoms with van der Waals surface area (Å²) in [6.07, 6.45) is 5.16. The first-order chi connectivity index (χ1) is 10.2. The number of pyridine rings is 1. The molecule has 1 amide bonds. The topological polar surface area (TPSA) is 66.9 Å². The molecule has 0 aliphatic carbocycles. The molecule has 0 aromatic carbocycles. The Morgan fingerprint density at radius 3 is 2.86 bits per heavy atom. The Labute approximate surface area is 128 Å². The third-order valence-corrected chi connectivity index (χ3v) is 4.01. The van der Waals surface area contributed by atoms with E-state index in [-0.39, 0.29) is 5.91 Å². The van der Waals surface area contributed by atoms with Gasteiger partial charge in [-0.05, 0) is 25.8 Å². The summed E-state index contributed by atoms with van der Waals surface area (Å²) in [6, 6.07) is 1.72. The molecule has 2 aromatic rings. The van der Waals surface area contributed by atoms with Crippen LogP contribution >= 0.6 is 11.3 Å². The van der Waals surface area contributed by atoms with Crippen molar-refractivity contribution in [2.45, 2.75) is 33.6 Å². The van der Waals surface area contributed by atoms with E-state index in [9.17, 15) is 4.79 Å². The van der Waals surface area contributed by atoms with Crippen molar-refractivity contribution >= 4 is 28.1 Å². The van der Waals surface area contributed by atoms with Crippen LogP contribution in [0.2, 0.25) is 0 Å². The molecule has 5 nitrogen and oxygen atoms in total. The van der Waals surface area contributed by atoms with E-state index in [1.54, 1.807) is 18.5 Å². The maximum Gasteiger partial charge on any atom is 0.259 e. The van der Waals surface area contributed by atoms with Crippen LogP contribution in [0.15, 0.2) is 18.5 Å². The average Bonchev–Trinajstić information content (AvgIpc) is 2.85. The number of nitrogens with one attached hydrogen (secondary N) is 2. The minimum atomic E-state index is -0.160. The van der Waals surface area contributed by atoms with E-state index >= 15 is 0 Å². The fraction of sp³-hybridized carbons (Fsp3) is 0.400. The van der Waals surface area contributed by atoms with E-state index in [4.69, 9.17) is 0 Å². The average molecular weight is 304 g/mol. The molecular formula is C15H20N4OS. The summed E-state index contributed by atoms with van der Waals surface area (Å²) in [6.45, 7) is 6.96. The van der Waals surface area contributed by atoms with E-state index in [0.717, 1.165) is 35.6 Å². The summed E-state index contributed by atoms with van der Waals surface area (Å²) < 4.78 is 0. The lowest BCUT2D eigenvalue weighted by molar-refractivity contribution is 0.102. The molecule has 2 heterocycles. The molecular weight excluding hydrogens is 284 g/mol. The Morgan fingerprint density at radius 1 is 1.38 bits per heavy atom. The first-order valence-electron chi connectivity index (χ1n) is 7.11. The van der Waals surface area contributed by atoms with Crippen molar-refractivity contribution in [1.82, 2.24) is 9.97 Å². The summed E-state index contributed by atoms with van der Waals surface area (Å²) in [7, 11) is 0. The number of carbonyl (C=O) groups is 1. The standard InChI is InChI=1S/C15H20N4OS/c1-4-7-17-13-9-16-8-6-11(13)14(20)19-15-18-12(5-2)10(3)21-15/h6,8-9,17H,4-5,7H2,1-3H3,(H,18,19,20). The second kappa shape index (κ2) is 7.17. The van der Waals surface area contributed by atoms with E-state index in [1.807, 2.05) is 6.92 Å². The van der Waals surface area contributed by atoms with Crippen molar-refractivity contribution in [2.24, 2.45) is 0 Å². The van der Waals surface area contributed by atoms with Crippen molar-refractivity contribution in [1.29, 1.82) is 0 Å². The third-order valence-electron chi connectivity index (χ3n) is 3.08. The quantitative estimate of drug-likeness (QED) is 0.857. The highest BCUT2D eigenvalue weighted by Crippen LogP contribution is 2.23. The number of aryl methyl sites for hydroxylation is 2. The summed E-state index contributed by atoms with van der Waals surface area (Å²) in [5.74, 6) is -0.160. The summed E-state index contributed by atoms with van der Waals surface area (Å²) in [5, 5.41) is 6.73. The van der Waals surface area contributed by atoms with Crippen molar-refractivity contribution in [3.8, 4) is 0 Å². The van der Waals surface area contributed by atoms with Gasteiger partial charge in [0, 0.05) is 17.6 Å². The zero-order chi connectivity index (χ0) is 15.2. The highest BCUT2D eigenvalue weighted by molar-refractivity contribution is 7.15. The van der Waals surface area contributed by atoms with E-state index in [2.05, 4.69) is 34.4 Å². The largest absolute Gasteiger partial charge is 0.383 e. The molecule has 0 fully saturated rings. The smallest absolute Gasteiger partial charge is 0.259 e. The van der Waals surface area contributed by atoms with Crippen molar-refractivity contribution in [3.05, 3.63) is 34.6 Å². The second-order valence-electron chi connectivity index (χ2n) is 4.68. The number of anilines is 2. The minimum absolute atomic E-state index is 0.160. The van der Waals surface area contributed by atoms with Crippen molar-refractivity contribution in [2.75, 3.05) is 17.2 Å². The highest BCUT2D eigenvalue weighted by atomic mass is 32.1. The molecule has 2 rings (SSSR count). The van der Waals surface area contributed by atoms with Gasteiger partial charge >= 0.3 is 0 Å². The summed E-state index contributed by atoms with van der Waals surface area (Å²) in [5.41, 5.74) is 2.37. The number of carbonyl (C=O) groups excluding carboxylic acids is 1. The van der Waals surface area contributed by atoms with Crippen LogP contribution in [0.4, 0.5) is 10.8 Å². The van der Waals surface area contributed by atoms with Gasteiger partial charge in [-0.25, -0.2) is 4.98 Å². The molecule has 0 aliphatic rings. The van der Waals surface area contributed by atoms with Crippen LogP contribution in [0, 0.1) is 6.92 Å². The van der Waals surface area contributed by atoms with Crippen LogP contribution in [0.25, 0.3) is 0 Å². The van der Waals surface area contributed by atoms with Gasteiger partial charge in [0.1, 0.15) is 0 Å². The fourth-order valence-electron chi connectivity index (χ4n) is 1.97. The Morgan fingerprint density at radius 2 is 2.19 bits per heavy atom. The predicted octanol–water partition coefficient (Wildman–Crippen LogP) is 3.48. The number of hydrogen-bond acceptors (Lipinski definition) is 5.